The van der Waals surface area contributed by atoms with Crippen molar-refractivity contribution in [3.05, 3.63) is 101 Å². The molecule has 40 heavy (non-hydrogen) atoms. The number of rotatable bonds is 0. The maximum atomic E-state index is 9.72. The Kier molecular flexibility index (Phi) is 10.7. The van der Waals surface area contributed by atoms with Gasteiger partial charge in [0.25, 0.3) is 0 Å². The molecule has 2 heterocycles. The maximum Gasteiger partial charge on any atom is 0.141 e. The van der Waals surface area contributed by atoms with Gasteiger partial charge in [-0.2, -0.15) is 0 Å². The molecule has 5 nitrogen and oxygen atoms in total. The zero-order chi connectivity index (χ0) is 29.0. The molecule has 0 unspecified atom stereocenters. The van der Waals surface area contributed by atoms with E-state index in [0.29, 0.717) is 16.8 Å². The molecule has 0 saturated heterocycles. The van der Waals surface area contributed by atoms with Gasteiger partial charge in [0.1, 0.15) is 28.3 Å². The fourth-order valence-electron chi connectivity index (χ4n) is 3.94. The molecule has 207 valence electrons. The van der Waals surface area contributed by atoms with Crippen LogP contribution < -0.4 is 0 Å². The van der Waals surface area contributed by atoms with Gasteiger partial charge in [0.2, 0.25) is 0 Å². The first-order valence-corrected chi connectivity index (χ1v) is 13.1. The molecule has 0 atom stereocenters. The molecular weight excluding hydrogens is 511 g/mol. The van der Waals surface area contributed by atoms with Crippen LogP contribution in [0.2, 0.25) is 0 Å². The number of benzene rings is 3. The van der Waals surface area contributed by atoms with Crippen LogP contribution in [0.5, 0.6) is 17.2 Å². The Labute approximate surface area is 248 Å². The van der Waals surface area contributed by atoms with Crippen LogP contribution in [0.25, 0.3) is 21.8 Å². The molecule has 0 saturated carbocycles. The number of para-hydroxylation sites is 2. The monoisotopic (exact) mass is 551 g/mol. The third-order valence-corrected chi connectivity index (χ3v) is 6.33. The van der Waals surface area contributed by atoms with Crippen LogP contribution in [0.3, 0.4) is 0 Å². The molecule has 0 amide bonds. The first-order valence-electron chi connectivity index (χ1n) is 13.1. The molecule has 0 aliphatic heterocycles. The summed E-state index contributed by atoms with van der Waals surface area (Å²) in [5, 5.41) is 30.5. The van der Waals surface area contributed by atoms with Gasteiger partial charge >= 0.3 is 0 Å². The van der Waals surface area contributed by atoms with E-state index in [1.165, 1.54) is 11.1 Å². The smallest absolute Gasteiger partial charge is 0.141 e. The minimum Gasteiger partial charge on any atom is -0.508 e. The van der Waals surface area contributed by atoms with Gasteiger partial charge in [-0.05, 0) is 72.2 Å². The minimum absolute atomic E-state index is 0. The van der Waals surface area contributed by atoms with Crippen molar-refractivity contribution < 1.29 is 15.3 Å². The summed E-state index contributed by atoms with van der Waals surface area (Å²) in [4.78, 5) is 8.45. The molecule has 3 N–H and O–H groups in total. The van der Waals surface area contributed by atoms with Gasteiger partial charge in [0.15, 0.2) is 0 Å². The highest BCUT2D eigenvalue weighted by Gasteiger charge is 2.20. The number of phenols is 3. The van der Waals surface area contributed by atoms with Crippen molar-refractivity contribution in [3.8, 4) is 17.2 Å². The molecule has 0 fully saturated rings. The highest BCUT2D eigenvalue weighted by atomic mass is 27.0. The van der Waals surface area contributed by atoms with Crippen LogP contribution in [-0.2, 0) is 10.8 Å². The molecule has 0 aliphatic rings. The largest absolute Gasteiger partial charge is 0.508 e. The summed E-state index contributed by atoms with van der Waals surface area (Å²) in [5.41, 5.74) is 5.74. The van der Waals surface area contributed by atoms with E-state index in [1.54, 1.807) is 12.1 Å². The standard InChI is InChI=1S/C14H22O.2C10H9NO.Al/c1-13(2,3)10-7-11(14(4,5)6)9-12(15)8-10;2*1-7-5-6-8-3-2-4-9(12)10(8)11-7;/h7-9,15H,1-6H3;2*2-6,12H,1H3;. The highest BCUT2D eigenvalue weighted by molar-refractivity contribution is 5.84. The maximum absolute atomic E-state index is 9.72. The second-order valence-corrected chi connectivity index (χ2v) is 11.9. The quantitative estimate of drug-likeness (QED) is 0.169. The number of pyridine rings is 2. The Balaban J connectivity index is 0.000000209. The summed E-state index contributed by atoms with van der Waals surface area (Å²) in [7, 11) is 0. The molecule has 0 bridgehead atoms. The fourth-order valence-corrected chi connectivity index (χ4v) is 3.94. The van der Waals surface area contributed by atoms with Crippen molar-refractivity contribution in [1.29, 1.82) is 0 Å². The SMILES string of the molecule is CC(C)(C)c1cc(O)cc(C(C)(C)C)c1.Cc1ccc2cccc(O)c2n1.Cc1ccc2cccc(O)c2n1.[Al]. The zero-order valence-corrected chi connectivity index (χ0v) is 26.0. The summed E-state index contributed by atoms with van der Waals surface area (Å²) in [6.45, 7) is 16.8. The number of aromatic hydroxyl groups is 3. The van der Waals surface area contributed by atoms with Gasteiger partial charge in [0, 0.05) is 39.5 Å². The average Bonchev–Trinajstić information content (AvgIpc) is 2.85. The van der Waals surface area contributed by atoms with E-state index in [-0.39, 0.29) is 39.7 Å². The van der Waals surface area contributed by atoms with Crippen LogP contribution in [-0.4, -0.2) is 42.6 Å². The van der Waals surface area contributed by atoms with Crippen LogP contribution in [0.1, 0.15) is 64.1 Å². The van der Waals surface area contributed by atoms with E-state index in [9.17, 15) is 15.3 Å². The lowest BCUT2D eigenvalue weighted by Crippen LogP contribution is -2.15. The number of aromatic nitrogens is 2. The molecule has 5 aromatic rings. The van der Waals surface area contributed by atoms with Crippen LogP contribution in [0.4, 0.5) is 0 Å². The molecule has 2 aromatic heterocycles. The molecular formula is C34H40AlN2O3. The van der Waals surface area contributed by atoms with Crippen LogP contribution in [0.15, 0.2) is 78.9 Å². The molecule has 6 heteroatoms. The third-order valence-electron chi connectivity index (χ3n) is 6.33. The molecule has 5 rings (SSSR count). The Morgan fingerprint density at radius 2 is 0.900 bits per heavy atom. The van der Waals surface area contributed by atoms with Crippen molar-refractivity contribution in [2.24, 2.45) is 0 Å². The normalized spacial score (nSPS) is 11.1. The lowest BCUT2D eigenvalue weighted by atomic mass is 9.80. The summed E-state index contributed by atoms with van der Waals surface area (Å²) in [5.74, 6) is 0.861. The zero-order valence-electron chi connectivity index (χ0n) is 24.8. The second-order valence-electron chi connectivity index (χ2n) is 11.9. The number of aryl methyl sites for hydroxylation is 2. The number of hydrogen-bond acceptors (Lipinski definition) is 5. The Hall–Kier alpha value is -3.59. The average molecular weight is 552 g/mol. The van der Waals surface area contributed by atoms with E-state index in [0.717, 1.165) is 22.2 Å². The summed E-state index contributed by atoms with van der Waals surface area (Å²) < 4.78 is 0. The van der Waals surface area contributed by atoms with Gasteiger partial charge in [-0.15, -0.1) is 0 Å². The first kappa shape index (κ1) is 32.6. The summed E-state index contributed by atoms with van der Waals surface area (Å²) in [6.07, 6.45) is 0. The number of nitrogens with zero attached hydrogens (tertiary/aromatic N) is 2. The lowest BCUT2D eigenvalue weighted by molar-refractivity contribution is 0.465. The summed E-state index contributed by atoms with van der Waals surface area (Å²) in [6, 6.07) is 24.5. The van der Waals surface area contributed by atoms with Gasteiger partial charge in [-0.1, -0.05) is 84.0 Å². The van der Waals surface area contributed by atoms with Crippen LogP contribution in [0, 0.1) is 13.8 Å². The molecule has 3 aromatic carbocycles. The Morgan fingerprint density at radius 1 is 0.525 bits per heavy atom. The van der Waals surface area contributed by atoms with E-state index in [1.807, 2.05) is 74.5 Å². The van der Waals surface area contributed by atoms with Crippen molar-refractivity contribution in [2.45, 2.75) is 66.2 Å². The predicted octanol–water partition coefficient (Wildman–Crippen LogP) is 8.10. The molecule has 0 spiro atoms. The Bertz CT molecular complexity index is 1470. The highest BCUT2D eigenvalue weighted by Crippen LogP contribution is 2.32. The predicted molar refractivity (Wildman–Crippen MR) is 168 cm³/mol. The van der Waals surface area contributed by atoms with E-state index < -0.39 is 0 Å². The Morgan fingerprint density at radius 3 is 1.25 bits per heavy atom. The van der Waals surface area contributed by atoms with E-state index in [2.05, 4.69) is 57.6 Å². The van der Waals surface area contributed by atoms with Crippen molar-refractivity contribution in [2.75, 3.05) is 0 Å². The van der Waals surface area contributed by atoms with Gasteiger partial charge < -0.3 is 15.3 Å². The van der Waals surface area contributed by atoms with Gasteiger partial charge in [-0.3, -0.25) is 0 Å². The van der Waals surface area contributed by atoms with Crippen molar-refractivity contribution in [1.82, 2.24) is 9.97 Å². The molecule has 3 radical (unpaired) electrons. The number of fused-ring (bicyclic) bond motifs is 2. The minimum atomic E-state index is 0. The fraction of sp³-hybridized carbons (Fsp3) is 0.294. The second kappa shape index (κ2) is 13.2. The van der Waals surface area contributed by atoms with Crippen LogP contribution >= 0.6 is 0 Å². The van der Waals surface area contributed by atoms with Crippen molar-refractivity contribution >= 4 is 39.2 Å². The molecule has 0 aliphatic carbocycles. The third kappa shape index (κ3) is 8.71. The number of hydrogen-bond donors (Lipinski definition) is 3. The van der Waals surface area contributed by atoms with E-state index in [4.69, 9.17) is 0 Å². The van der Waals surface area contributed by atoms with E-state index >= 15 is 0 Å². The topological polar surface area (TPSA) is 86.5 Å². The summed E-state index contributed by atoms with van der Waals surface area (Å²) >= 11 is 0. The van der Waals surface area contributed by atoms with Gasteiger partial charge in [0.05, 0.1) is 0 Å². The first-order chi connectivity index (χ1) is 18.1. The lowest BCUT2D eigenvalue weighted by Gasteiger charge is -2.25. The van der Waals surface area contributed by atoms with Crippen molar-refractivity contribution in [3.63, 3.8) is 0 Å². The van der Waals surface area contributed by atoms with Gasteiger partial charge in [-0.25, -0.2) is 9.97 Å². The number of phenolic OH excluding ortho intramolecular Hbond substituents is 3.